The van der Waals surface area contributed by atoms with Gasteiger partial charge in [0.1, 0.15) is 0 Å². The van der Waals surface area contributed by atoms with Crippen LogP contribution in [0.2, 0.25) is 0 Å². The Hall–Kier alpha value is 2.09. The van der Waals surface area contributed by atoms with E-state index in [-0.39, 0.29) is 68.8 Å². The van der Waals surface area contributed by atoms with Crippen molar-refractivity contribution in [3.05, 3.63) is 0 Å². The van der Waals surface area contributed by atoms with Crippen LogP contribution in [0.5, 0.6) is 0 Å². The van der Waals surface area contributed by atoms with E-state index in [1.165, 1.54) is 0 Å². The van der Waals surface area contributed by atoms with Gasteiger partial charge in [-0.3, -0.25) is 0 Å². The zero-order valence-electron chi connectivity index (χ0n) is 2.02. The van der Waals surface area contributed by atoms with Crippen molar-refractivity contribution >= 4 is 68.8 Å². The van der Waals surface area contributed by atoms with E-state index in [2.05, 4.69) is 0 Å². The molecule has 0 spiro atoms. The van der Waals surface area contributed by atoms with Crippen LogP contribution in [0, 0.1) is 0 Å². The summed E-state index contributed by atoms with van der Waals surface area (Å²) in [5.41, 5.74) is 0. The molecule has 0 aliphatic carbocycles. The molecule has 0 unspecified atom stereocenters. The Kier molecular flexibility index (Phi) is 176. The molecule has 10 radical (unpaired) electrons. The van der Waals surface area contributed by atoms with Crippen LogP contribution in [0.4, 0.5) is 0 Å². The van der Waals surface area contributed by atoms with Crippen molar-refractivity contribution in [1.82, 2.24) is 0 Å². The molecule has 0 atom stereocenters. The molecule has 0 aromatic heterocycles. The summed E-state index contributed by atoms with van der Waals surface area (Å²) >= 11 is 0. The molecule has 20 valence electrons. The predicted molar refractivity (Wildman–Crippen MR) is 27.6 cm³/mol. The van der Waals surface area contributed by atoms with Crippen molar-refractivity contribution in [3.63, 3.8) is 0 Å². The maximum Gasteiger partial charge on any atom is 0 e. The second kappa shape index (κ2) is 19.5. The van der Waals surface area contributed by atoms with Crippen LogP contribution in [-0.4, -0.2) is 55.3 Å². The normalized spacial score (nSPS) is 0. The predicted octanol–water partition coefficient (Wildman–Crippen LogP) is -1.03. The molecular weight excluding hydrogens is 249 g/mol. The molecule has 0 aromatic carbocycles. The first-order valence-corrected chi connectivity index (χ1v) is 0. The molecule has 0 aliphatic rings. The summed E-state index contributed by atoms with van der Waals surface area (Å²) in [5.74, 6) is 0. The van der Waals surface area contributed by atoms with Gasteiger partial charge in [-0.2, -0.15) is 13.5 Å². The molecule has 0 saturated heterocycles. The van der Waals surface area contributed by atoms with Crippen LogP contribution in [0.15, 0.2) is 0 Å². The van der Waals surface area contributed by atoms with Gasteiger partial charge in [-0.15, -0.1) is 0 Å². The van der Waals surface area contributed by atoms with Crippen molar-refractivity contribution in [1.29, 1.82) is 0 Å². The molecule has 0 bridgehead atoms. The third kappa shape index (κ3) is 8.94. The first-order valence-electron chi connectivity index (χ1n) is 0. The Morgan fingerprint density at radius 3 is 1.00 bits per heavy atom. The summed E-state index contributed by atoms with van der Waals surface area (Å²) < 4.78 is 0. The Morgan fingerprint density at radius 1 is 1.00 bits per heavy atom. The van der Waals surface area contributed by atoms with Crippen LogP contribution in [0.3, 0.4) is 0 Å². The minimum Gasteiger partial charge on any atom is -0.197 e. The summed E-state index contributed by atoms with van der Waals surface area (Å²) in [6.45, 7) is 0. The van der Waals surface area contributed by atoms with Crippen LogP contribution >= 0.6 is 13.5 Å². The molecule has 0 saturated carbocycles. The molecule has 0 fully saturated rings. The second-order valence-corrected chi connectivity index (χ2v) is 0. The van der Waals surface area contributed by atoms with Crippen molar-refractivity contribution in [2.45, 2.75) is 0 Å². The minimum absolute atomic E-state index is 0. The molecule has 0 N–H and O–H groups in total. The van der Waals surface area contributed by atoms with Crippen molar-refractivity contribution in [3.8, 4) is 0 Å². The Morgan fingerprint density at radius 2 is 1.00 bits per heavy atom. The molecule has 0 heterocycles. The molecule has 4 heavy (non-hydrogen) atoms. The Labute approximate surface area is 68.3 Å². The third-order valence-corrected chi connectivity index (χ3v) is 0. The largest absolute Gasteiger partial charge is 0.197 e. The Bertz CT molecular complexity index is 8.00. The maximum atomic E-state index is 0. The fourth-order valence-electron chi connectivity index (χ4n) is 0. The van der Waals surface area contributed by atoms with Crippen molar-refractivity contribution < 1.29 is 0 Å². The fourth-order valence-corrected chi connectivity index (χ4v) is 0. The monoisotopic (exact) mass is 252 g/mol. The summed E-state index contributed by atoms with van der Waals surface area (Å²) in [6.07, 6.45) is 0. The summed E-state index contributed by atoms with van der Waals surface area (Å²) in [4.78, 5) is 0. The van der Waals surface area contributed by atoms with Gasteiger partial charge in [0.25, 0.3) is 0 Å². The zero-order chi connectivity index (χ0) is 0. The van der Waals surface area contributed by atoms with Gasteiger partial charge in [-0.05, 0) is 0 Å². The molecule has 0 rings (SSSR count). The second-order valence-electron chi connectivity index (χ2n) is 0. The van der Waals surface area contributed by atoms with E-state index in [1.807, 2.05) is 0 Å². The number of hydrogen-bond acceptors (Lipinski definition) is 0. The van der Waals surface area contributed by atoms with E-state index in [0.29, 0.717) is 0 Å². The van der Waals surface area contributed by atoms with Gasteiger partial charge in [0.05, 0.1) is 0 Å². The quantitative estimate of drug-likeness (QED) is 0.483. The zero-order valence-corrected chi connectivity index (χ0v) is 9.42. The summed E-state index contributed by atoms with van der Waals surface area (Å²) in [6, 6.07) is 0. The average molecular weight is 251 g/mol. The molecule has 0 aromatic rings. The maximum absolute atomic E-state index is 0. The van der Waals surface area contributed by atoms with E-state index >= 15 is 0 Å². The number of hydrogen-bond donors (Lipinski definition) is 0. The van der Waals surface area contributed by atoms with Crippen molar-refractivity contribution in [2.75, 3.05) is 0 Å². The molecule has 4 heteroatoms. The van der Waals surface area contributed by atoms with Crippen LogP contribution in [0.25, 0.3) is 0 Å². The van der Waals surface area contributed by atoms with Crippen LogP contribution < -0.4 is 0 Å². The minimum atomic E-state index is 0. The van der Waals surface area contributed by atoms with Gasteiger partial charge in [0.15, 0.2) is 0 Å². The first-order chi connectivity index (χ1) is 0. The Balaban J connectivity index is 0. The fraction of sp³-hybridized carbons (Fsp3) is 0. The van der Waals surface area contributed by atoms with Gasteiger partial charge in [-0.25, -0.2) is 0 Å². The van der Waals surface area contributed by atoms with E-state index < -0.39 is 0 Å². The van der Waals surface area contributed by atoms with Gasteiger partial charge < -0.3 is 0 Å². The van der Waals surface area contributed by atoms with Gasteiger partial charge in [-0.1, -0.05) is 0 Å². The van der Waals surface area contributed by atoms with Gasteiger partial charge >= 0.3 is 0 Å². The standard InChI is InChI=1S/As.Ga.Ge.H2S/h;;;1H2. The van der Waals surface area contributed by atoms with Gasteiger partial charge in [0.2, 0.25) is 0 Å². The molecule has 0 nitrogen and oxygen atoms in total. The van der Waals surface area contributed by atoms with E-state index in [1.54, 1.807) is 0 Å². The van der Waals surface area contributed by atoms with Crippen LogP contribution in [-0.2, 0) is 0 Å². The molecular formula is H2AsGaGeS. The third-order valence-electron chi connectivity index (χ3n) is 0. The first kappa shape index (κ1) is 36.2. The topological polar surface area (TPSA) is 0 Å². The van der Waals surface area contributed by atoms with Gasteiger partial charge in [0, 0.05) is 55.3 Å². The van der Waals surface area contributed by atoms with E-state index in [0.717, 1.165) is 0 Å². The van der Waals surface area contributed by atoms with Crippen LogP contribution in [0.1, 0.15) is 0 Å². The smallest absolute Gasteiger partial charge is 0 e. The summed E-state index contributed by atoms with van der Waals surface area (Å²) in [5, 5.41) is 0. The molecule has 0 amide bonds. The average Bonchev–Trinajstić information content (AvgIpc) is 0. The van der Waals surface area contributed by atoms with Crippen molar-refractivity contribution in [2.24, 2.45) is 0 Å². The van der Waals surface area contributed by atoms with E-state index in [4.69, 9.17) is 0 Å². The van der Waals surface area contributed by atoms with E-state index in [9.17, 15) is 0 Å². The SMILES string of the molecule is S.[As].[Ga].[Ge]. The molecule has 0 aliphatic heterocycles. The number of rotatable bonds is 0. The summed E-state index contributed by atoms with van der Waals surface area (Å²) in [7, 11) is 0.